The lowest BCUT2D eigenvalue weighted by atomic mass is 9.88. The molecule has 0 spiro atoms. The van der Waals surface area contributed by atoms with Crippen LogP contribution in [0.1, 0.15) is 35.6 Å². The number of halogens is 3. The van der Waals surface area contributed by atoms with E-state index in [2.05, 4.69) is 0 Å². The largest absolute Gasteiger partial charge is 0.481 e. The number of hydrogen-bond acceptors (Lipinski definition) is 2. The van der Waals surface area contributed by atoms with Crippen LogP contribution >= 0.6 is 0 Å². The Labute approximate surface area is 172 Å². The molecule has 0 saturated carbocycles. The number of likely N-dealkylation sites (tertiary alicyclic amines) is 1. The molecule has 1 fully saturated rings. The lowest BCUT2D eigenvalue weighted by molar-refractivity contribution is -0.143. The average Bonchev–Trinajstić information content (AvgIpc) is 2.74. The molecule has 0 radical (unpaired) electrons. The van der Waals surface area contributed by atoms with E-state index in [0.29, 0.717) is 25.9 Å². The van der Waals surface area contributed by atoms with Crippen LogP contribution in [0.15, 0.2) is 66.7 Å². The lowest BCUT2D eigenvalue weighted by Crippen LogP contribution is -2.39. The number of carbonyl (C=O) groups is 1. The fraction of sp³-hybridized carbons (Fsp3) is 0.292. The van der Waals surface area contributed by atoms with Gasteiger partial charge in [0.15, 0.2) is 0 Å². The molecule has 1 atom stereocenters. The van der Waals surface area contributed by atoms with Crippen molar-refractivity contribution in [1.82, 2.24) is 4.90 Å². The van der Waals surface area contributed by atoms with Crippen LogP contribution < -0.4 is 0 Å². The molecule has 1 aliphatic rings. The van der Waals surface area contributed by atoms with Gasteiger partial charge in [0.1, 0.15) is 0 Å². The van der Waals surface area contributed by atoms with Gasteiger partial charge in [-0.15, -0.1) is 0 Å². The van der Waals surface area contributed by atoms with Crippen LogP contribution in [-0.2, 0) is 11.0 Å². The third-order valence-electron chi connectivity index (χ3n) is 5.89. The molecule has 156 valence electrons. The van der Waals surface area contributed by atoms with Crippen molar-refractivity contribution in [1.29, 1.82) is 0 Å². The van der Waals surface area contributed by atoms with E-state index in [0.717, 1.165) is 22.4 Å². The Balaban J connectivity index is 1.81. The number of nitrogens with zero attached hydrogens (tertiary/aromatic N) is 1. The van der Waals surface area contributed by atoms with Gasteiger partial charge in [0.2, 0.25) is 0 Å². The van der Waals surface area contributed by atoms with Crippen LogP contribution in [0.2, 0.25) is 0 Å². The zero-order chi connectivity index (χ0) is 21.3. The third kappa shape index (κ3) is 4.05. The second-order valence-electron chi connectivity index (χ2n) is 7.74. The zero-order valence-electron chi connectivity index (χ0n) is 16.3. The van der Waals surface area contributed by atoms with E-state index < -0.39 is 29.7 Å². The molecule has 3 aromatic rings. The first-order chi connectivity index (χ1) is 14.3. The zero-order valence-corrected chi connectivity index (χ0v) is 16.3. The summed E-state index contributed by atoms with van der Waals surface area (Å²) in [6.07, 6.45) is -3.62. The Bertz CT molecular complexity index is 1060. The Hall–Kier alpha value is -2.86. The van der Waals surface area contributed by atoms with Crippen LogP contribution in [0.5, 0.6) is 0 Å². The maximum Gasteiger partial charge on any atom is 0.416 e. The second kappa shape index (κ2) is 8.11. The number of rotatable bonds is 4. The Morgan fingerprint density at radius 2 is 1.57 bits per heavy atom. The summed E-state index contributed by atoms with van der Waals surface area (Å²) in [7, 11) is 0. The molecule has 6 heteroatoms. The number of piperidine rings is 1. The summed E-state index contributed by atoms with van der Waals surface area (Å²) >= 11 is 0. The molecule has 1 unspecified atom stereocenters. The minimum absolute atomic E-state index is 0.203. The first-order valence-electron chi connectivity index (χ1n) is 9.96. The van der Waals surface area contributed by atoms with Crippen LogP contribution in [0.3, 0.4) is 0 Å². The molecule has 3 nitrogen and oxygen atoms in total. The molecular weight excluding hydrogens is 391 g/mol. The number of aliphatic carboxylic acids is 1. The van der Waals surface area contributed by atoms with E-state index in [-0.39, 0.29) is 5.56 Å². The first-order valence-corrected chi connectivity index (χ1v) is 9.96. The van der Waals surface area contributed by atoms with E-state index in [4.69, 9.17) is 0 Å². The number of alkyl halides is 3. The highest BCUT2D eigenvalue weighted by atomic mass is 19.4. The van der Waals surface area contributed by atoms with Crippen molar-refractivity contribution in [2.45, 2.75) is 25.1 Å². The standard InChI is InChI=1S/C24H22F3NO2/c25-24(26,27)21-8-4-3-7-20(21)22(28-13-11-17(12-14-28)23(29)30)19-10-9-16-5-1-2-6-18(16)15-19/h1-10,15,17,22H,11-14H2,(H,29,30). The average molecular weight is 413 g/mol. The maximum absolute atomic E-state index is 13.8. The molecule has 1 aliphatic heterocycles. The summed E-state index contributed by atoms with van der Waals surface area (Å²) in [5.74, 6) is -1.29. The van der Waals surface area contributed by atoms with E-state index in [1.165, 1.54) is 12.1 Å². The molecular formula is C24H22F3NO2. The molecule has 0 aromatic heterocycles. The Morgan fingerprint density at radius 3 is 2.23 bits per heavy atom. The molecule has 0 aliphatic carbocycles. The molecule has 3 aromatic carbocycles. The quantitative estimate of drug-likeness (QED) is 0.593. The van der Waals surface area contributed by atoms with Gasteiger partial charge >= 0.3 is 12.1 Å². The monoisotopic (exact) mass is 413 g/mol. The first kappa shape index (κ1) is 20.4. The summed E-state index contributed by atoms with van der Waals surface area (Å²) < 4.78 is 41.4. The van der Waals surface area contributed by atoms with Crippen LogP contribution in [0.4, 0.5) is 13.2 Å². The molecule has 4 rings (SSSR count). The van der Waals surface area contributed by atoms with Gasteiger partial charge in [-0.25, -0.2) is 0 Å². The van der Waals surface area contributed by atoms with Gasteiger partial charge in [0, 0.05) is 0 Å². The number of carboxylic acids is 1. The summed E-state index contributed by atoms with van der Waals surface area (Å²) in [5.41, 5.74) is 0.330. The fourth-order valence-electron chi connectivity index (χ4n) is 4.36. The van der Waals surface area contributed by atoms with Crippen molar-refractivity contribution < 1.29 is 23.1 Å². The molecule has 0 amide bonds. The second-order valence-corrected chi connectivity index (χ2v) is 7.74. The van der Waals surface area contributed by atoms with E-state index in [9.17, 15) is 23.1 Å². The van der Waals surface area contributed by atoms with E-state index in [1.807, 2.05) is 47.4 Å². The number of hydrogen-bond donors (Lipinski definition) is 1. The van der Waals surface area contributed by atoms with Crippen molar-refractivity contribution in [2.24, 2.45) is 5.92 Å². The van der Waals surface area contributed by atoms with Gasteiger partial charge in [-0.3, -0.25) is 9.69 Å². The number of benzene rings is 3. The van der Waals surface area contributed by atoms with E-state index >= 15 is 0 Å². The summed E-state index contributed by atoms with van der Waals surface area (Å²) in [5, 5.41) is 11.3. The predicted octanol–water partition coefficient (Wildman–Crippen LogP) is 5.74. The number of fused-ring (bicyclic) bond motifs is 1. The molecule has 1 N–H and O–H groups in total. The van der Waals surface area contributed by atoms with Crippen molar-refractivity contribution >= 4 is 16.7 Å². The molecule has 30 heavy (non-hydrogen) atoms. The van der Waals surface area contributed by atoms with Crippen molar-refractivity contribution in [3.05, 3.63) is 83.4 Å². The SMILES string of the molecule is O=C(O)C1CCN(C(c2ccc3ccccc3c2)c2ccccc2C(F)(F)F)CC1. The normalized spacial score (nSPS) is 17.2. The lowest BCUT2D eigenvalue weighted by Gasteiger charge is -2.38. The third-order valence-corrected chi connectivity index (χ3v) is 5.89. The highest BCUT2D eigenvalue weighted by Crippen LogP contribution is 2.40. The Morgan fingerprint density at radius 1 is 0.933 bits per heavy atom. The van der Waals surface area contributed by atoms with Crippen molar-refractivity contribution in [2.75, 3.05) is 13.1 Å². The van der Waals surface area contributed by atoms with Gasteiger partial charge in [-0.1, -0.05) is 54.6 Å². The molecule has 1 saturated heterocycles. The molecule has 0 bridgehead atoms. The minimum atomic E-state index is -4.47. The predicted molar refractivity (Wildman–Crippen MR) is 109 cm³/mol. The minimum Gasteiger partial charge on any atom is -0.481 e. The highest BCUT2D eigenvalue weighted by Gasteiger charge is 2.38. The van der Waals surface area contributed by atoms with Crippen LogP contribution in [-0.4, -0.2) is 29.1 Å². The summed E-state index contributed by atoms with van der Waals surface area (Å²) in [6.45, 7) is 0.862. The summed E-state index contributed by atoms with van der Waals surface area (Å²) in [4.78, 5) is 13.3. The van der Waals surface area contributed by atoms with Crippen molar-refractivity contribution in [3.8, 4) is 0 Å². The topological polar surface area (TPSA) is 40.5 Å². The van der Waals surface area contributed by atoms with Gasteiger partial charge < -0.3 is 5.11 Å². The smallest absolute Gasteiger partial charge is 0.416 e. The maximum atomic E-state index is 13.8. The van der Waals surface area contributed by atoms with Gasteiger partial charge in [0.25, 0.3) is 0 Å². The van der Waals surface area contributed by atoms with Crippen LogP contribution in [0.25, 0.3) is 10.8 Å². The van der Waals surface area contributed by atoms with Crippen molar-refractivity contribution in [3.63, 3.8) is 0 Å². The molecule has 1 heterocycles. The Kier molecular flexibility index (Phi) is 5.52. The highest BCUT2D eigenvalue weighted by molar-refractivity contribution is 5.83. The fourth-order valence-corrected chi connectivity index (χ4v) is 4.36. The summed E-state index contributed by atoms with van der Waals surface area (Å²) in [6, 6.07) is 18.6. The van der Waals surface area contributed by atoms with Gasteiger partial charge in [-0.2, -0.15) is 13.2 Å². The van der Waals surface area contributed by atoms with Crippen LogP contribution in [0, 0.1) is 5.92 Å². The van der Waals surface area contributed by atoms with Gasteiger partial charge in [-0.05, 0) is 60.0 Å². The number of carboxylic acid groups (broad SMARTS) is 1. The van der Waals surface area contributed by atoms with E-state index in [1.54, 1.807) is 6.07 Å². The van der Waals surface area contributed by atoms with Gasteiger partial charge in [0.05, 0.1) is 17.5 Å².